The van der Waals surface area contributed by atoms with Gasteiger partial charge in [0.25, 0.3) is 5.91 Å². The SMILES string of the molecule is COC1(CNC(=O)c2ccc(NN)cc2)CCOC1. The molecule has 2 rings (SSSR count). The summed E-state index contributed by atoms with van der Waals surface area (Å²) in [7, 11) is 1.64. The van der Waals surface area contributed by atoms with Gasteiger partial charge in [0.15, 0.2) is 0 Å². The van der Waals surface area contributed by atoms with Gasteiger partial charge in [-0.2, -0.15) is 0 Å². The van der Waals surface area contributed by atoms with Crippen molar-refractivity contribution >= 4 is 11.6 Å². The summed E-state index contributed by atoms with van der Waals surface area (Å²) >= 11 is 0. The quantitative estimate of drug-likeness (QED) is 0.533. The van der Waals surface area contributed by atoms with Crippen LogP contribution >= 0.6 is 0 Å². The van der Waals surface area contributed by atoms with Crippen molar-refractivity contribution in [3.63, 3.8) is 0 Å². The highest BCUT2D eigenvalue weighted by Crippen LogP contribution is 2.21. The van der Waals surface area contributed by atoms with Gasteiger partial charge < -0.3 is 20.2 Å². The topological polar surface area (TPSA) is 85.6 Å². The molecule has 0 aromatic heterocycles. The standard InChI is InChI=1S/C13H19N3O3/c1-18-13(6-7-19-9-13)8-15-12(17)10-2-4-11(16-14)5-3-10/h2-5,16H,6-9,14H2,1H3,(H,15,17). The Hall–Kier alpha value is -1.63. The molecule has 0 radical (unpaired) electrons. The second-order valence-corrected chi connectivity index (χ2v) is 4.59. The molecule has 6 heteroatoms. The lowest BCUT2D eigenvalue weighted by Gasteiger charge is -2.25. The first kappa shape index (κ1) is 13.8. The third kappa shape index (κ3) is 3.23. The number of rotatable bonds is 5. The maximum Gasteiger partial charge on any atom is 0.251 e. The number of ether oxygens (including phenoxy) is 2. The monoisotopic (exact) mass is 265 g/mol. The molecule has 104 valence electrons. The van der Waals surface area contributed by atoms with Gasteiger partial charge in [-0.25, -0.2) is 0 Å². The minimum absolute atomic E-state index is 0.133. The zero-order valence-corrected chi connectivity index (χ0v) is 10.9. The zero-order valence-electron chi connectivity index (χ0n) is 10.9. The fourth-order valence-corrected chi connectivity index (χ4v) is 2.02. The lowest BCUT2D eigenvalue weighted by atomic mass is 10.0. The Morgan fingerprint density at radius 3 is 2.74 bits per heavy atom. The van der Waals surface area contributed by atoms with Crippen LogP contribution in [-0.2, 0) is 9.47 Å². The minimum Gasteiger partial charge on any atom is -0.378 e. The molecule has 0 bridgehead atoms. The molecule has 1 heterocycles. The first-order chi connectivity index (χ1) is 9.19. The smallest absolute Gasteiger partial charge is 0.251 e. The maximum atomic E-state index is 12.0. The fraction of sp³-hybridized carbons (Fsp3) is 0.462. The summed E-state index contributed by atoms with van der Waals surface area (Å²) in [5.41, 5.74) is 3.47. The van der Waals surface area contributed by atoms with Crippen LogP contribution in [0.3, 0.4) is 0 Å². The van der Waals surface area contributed by atoms with Crippen LogP contribution in [-0.4, -0.2) is 38.4 Å². The third-order valence-electron chi connectivity index (χ3n) is 3.39. The van der Waals surface area contributed by atoms with E-state index in [2.05, 4.69) is 10.7 Å². The highest BCUT2D eigenvalue weighted by molar-refractivity contribution is 5.94. The average Bonchev–Trinajstić information content (AvgIpc) is 2.94. The molecule has 4 N–H and O–H groups in total. The molecule has 1 aliphatic heterocycles. The molecular weight excluding hydrogens is 246 g/mol. The number of hydrazine groups is 1. The molecule has 1 atom stereocenters. The Morgan fingerprint density at radius 2 is 2.21 bits per heavy atom. The number of nitrogen functional groups attached to an aromatic ring is 1. The summed E-state index contributed by atoms with van der Waals surface area (Å²) in [6.45, 7) is 1.62. The zero-order chi connectivity index (χ0) is 13.7. The van der Waals surface area contributed by atoms with Gasteiger partial charge in [0.1, 0.15) is 5.60 Å². The summed E-state index contributed by atoms with van der Waals surface area (Å²) in [4.78, 5) is 12.0. The van der Waals surface area contributed by atoms with Crippen molar-refractivity contribution in [1.82, 2.24) is 5.32 Å². The Morgan fingerprint density at radius 1 is 1.47 bits per heavy atom. The van der Waals surface area contributed by atoms with Gasteiger partial charge in [0, 0.05) is 37.9 Å². The number of anilines is 1. The molecule has 6 nitrogen and oxygen atoms in total. The van der Waals surface area contributed by atoms with Crippen molar-refractivity contribution < 1.29 is 14.3 Å². The van der Waals surface area contributed by atoms with Crippen LogP contribution in [0.25, 0.3) is 0 Å². The van der Waals surface area contributed by atoms with Crippen LogP contribution in [0.5, 0.6) is 0 Å². The van der Waals surface area contributed by atoms with E-state index < -0.39 is 5.60 Å². The summed E-state index contributed by atoms with van der Waals surface area (Å²) in [5.74, 6) is 5.14. The van der Waals surface area contributed by atoms with E-state index in [1.165, 1.54) is 0 Å². The number of carbonyl (C=O) groups excluding carboxylic acids is 1. The van der Waals surface area contributed by atoms with Crippen molar-refractivity contribution in [3.8, 4) is 0 Å². The minimum atomic E-state index is -0.394. The number of amides is 1. The second-order valence-electron chi connectivity index (χ2n) is 4.59. The molecule has 1 fully saturated rings. The van der Waals surface area contributed by atoms with Gasteiger partial charge >= 0.3 is 0 Å². The largest absolute Gasteiger partial charge is 0.378 e. The van der Waals surface area contributed by atoms with Gasteiger partial charge in [-0.15, -0.1) is 0 Å². The lowest BCUT2D eigenvalue weighted by molar-refractivity contribution is -0.0148. The number of benzene rings is 1. The molecule has 1 saturated heterocycles. The van der Waals surface area contributed by atoms with Crippen LogP contribution in [0.15, 0.2) is 24.3 Å². The highest BCUT2D eigenvalue weighted by Gasteiger charge is 2.35. The van der Waals surface area contributed by atoms with Gasteiger partial charge in [0.2, 0.25) is 0 Å². The summed E-state index contributed by atoms with van der Waals surface area (Å²) in [5, 5.41) is 2.87. The number of hydrogen-bond acceptors (Lipinski definition) is 5. The predicted octanol–water partition coefficient (Wildman–Crippen LogP) is 0.507. The molecule has 1 unspecified atom stereocenters. The van der Waals surface area contributed by atoms with E-state index >= 15 is 0 Å². The van der Waals surface area contributed by atoms with Crippen LogP contribution in [0.4, 0.5) is 5.69 Å². The van der Waals surface area contributed by atoms with E-state index in [4.69, 9.17) is 15.3 Å². The molecule has 0 spiro atoms. The van der Waals surface area contributed by atoms with Crippen molar-refractivity contribution in [2.45, 2.75) is 12.0 Å². The average molecular weight is 265 g/mol. The number of methoxy groups -OCH3 is 1. The summed E-state index contributed by atoms with van der Waals surface area (Å²) in [6, 6.07) is 6.93. The lowest BCUT2D eigenvalue weighted by Crippen LogP contribution is -2.45. The van der Waals surface area contributed by atoms with Crippen LogP contribution in [0.2, 0.25) is 0 Å². The highest BCUT2D eigenvalue weighted by atomic mass is 16.5. The molecular formula is C13H19N3O3. The molecule has 0 aliphatic carbocycles. The normalized spacial score (nSPS) is 22.2. The summed E-state index contributed by atoms with van der Waals surface area (Å²) < 4.78 is 10.8. The second kappa shape index (κ2) is 6.01. The van der Waals surface area contributed by atoms with Crippen LogP contribution in [0, 0.1) is 0 Å². The Balaban J connectivity index is 1.93. The van der Waals surface area contributed by atoms with E-state index in [1.54, 1.807) is 31.4 Å². The van der Waals surface area contributed by atoms with E-state index in [1.807, 2.05) is 0 Å². The Kier molecular flexibility index (Phi) is 4.36. The molecule has 0 saturated carbocycles. The van der Waals surface area contributed by atoms with E-state index in [0.717, 1.165) is 12.1 Å². The van der Waals surface area contributed by atoms with Gasteiger partial charge in [-0.1, -0.05) is 0 Å². The number of nitrogens with two attached hydrogens (primary N) is 1. The fourth-order valence-electron chi connectivity index (χ4n) is 2.02. The molecule has 19 heavy (non-hydrogen) atoms. The van der Waals surface area contributed by atoms with Crippen LogP contribution in [0.1, 0.15) is 16.8 Å². The van der Waals surface area contributed by atoms with E-state index in [9.17, 15) is 4.79 Å². The Bertz CT molecular complexity index is 427. The van der Waals surface area contributed by atoms with Crippen molar-refractivity contribution in [2.24, 2.45) is 5.84 Å². The number of nitrogens with one attached hydrogen (secondary N) is 2. The van der Waals surface area contributed by atoms with Gasteiger partial charge in [-0.05, 0) is 24.3 Å². The third-order valence-corrected chi connectivity index (χ3v) is 3.39. The predicted molar refractivity (Wildman–Crippen MR) is 71.8 cm³/mol. The summed E-state index contributed by atoms with van der Waals surface area (Å²) in [6.07, 6.45) is 0.791. The maximum absolute atomic E-state index is 12.0. The molecule has 1 amide bonds. The molecule has 1 aliphatic rings. The first-order valence-corrected chi connectivity index (χ1v) is 6.17. The van der Waals surface area contributed by atoms with Gasteiger partial charge in [0.05, 0.1) is 6.61 Å². The van der Waals surface area contributed by atoms with Crippen molar-refractivity contribution in [1.29, 1.82) is 0 Å². The molecule has 1 aromatic rings. The Labute approximate surface area is 112 Å². The number of hydrogen-bond donors (Lipinski definition) is 3. The van der Waals surface area contributed by atoms with E-state index in [-0.39, 0.29) is 5.91 Å². The van der Waals surface area contributed by atoms with E-state index in [0.29, 0.717) is 25.3 Å². The molecule has 1 aromatic carbocycles. The van der Waals surface area contributed by atoms with Crippen molar-refractivity contribution in [3.05, 3.63) is 29.8 Å². The van der Waals surface area contributed by atoms with Gasteiger partial charge in [-0.3, -0.25) is 10.6 Å². The number of carbonyl (C=O) groups is 1. The van der Waals surface area contributed by atoms with Crippen molar-refractivity contribution in [2.75, 3.05) is 32.3 Å². The first-order valence-electron chi connectivity index (χ1n) is 6.17. The van der Waals surface area contributed by atoms with Crippen LogP contribution < -0.4 is 16.6 Å².